The number of rotatable bonds is 7. The highest BCUT2D eigenvalue weighted by molar-refractivity contribution is 6.03. The van der Waals surface area contributed by atoms with Crippen LogP contribution in [-0.4, -0.2) is 20.0 Å². The van der Waals surface area contributed by atoms with E-state index in [2.05, 4.69) is 0 Å². The van der Waals surface area contributed by atoms with E-state index in [0.717, 1.165) is 12.0 Å². The van der Waals surface area contributed by atoms with Crippen LogP contribution in [0.15, 0.2) is 54.6 Å². The standard InChI is InChI=1S/C19H22O3/c1-4-14-19(22-3,16-12-8-9-13-17(16)21-2)18(20)15-10-6-5-7-11-15/h5-13H,4,14H2,1-3H3. The zero-order valence-corrected chi connectivity index (χ0v) is 13.3. The molecule has 116 valence electrons. The quantitative estimate of drug-likeness (QED) is 0.718. The lowest BCUT2D eigenvalue weighted by atomic mass is 9.81. The Morgan fingerprint density at radius 1 is 1.00 bits per heavy atom. The van der Waals surface area contributed by atoms with Gasteiger partial charge in [-0.15, -0.1) is 0 Å². The number of ketones is 1. The smallest absolute Gasteiger partial charge is 0.199 e. The Bertz CT molecular complexity index is 622. The first-order chi connectivity index (χ1) is 10.7. The number of para-hydroxylation sites is 1. The van der Waals surface area contributed by atoms with Crippen molar-refractivity contribution in [3.05, 3.63) is 65.7 Å². The first-order valence-corrected chi connectivity index (χ1v) is 7.48. The van der Waals surface area contributed by atoms with Crippen molar-refractivity contribution in [3.63, 3.8) is 0 Å². The number of carbonyl (C=O) groups excluding carboxylic acids is 1. The first kappa shape index (κ1) is 16.2. The number of hydrogen-bond acceptors (Lipinski definition) is 3. The molecule has 0 radical (unpaired) electrons. The Labute approximate surface area is 131 Å². The molecule has 0 aliphatic carbocycles. The second kappa shape index (κ2) is 7.23. The molecule has 0 spiro atoms. The molecule has 0 heterocycles. The van der Waals surface area contributed by atoms with E-state index in [1.807, 2.05) is 61.5 Å². The van der Waals surface area contributed by atoms with Crippen LogP contribution in [0.2, 0.25) is 0 Å². The van der Waals surface area contributed by atoms with Gasteiger partial charge in [-0.05, 0) is 12.5 Å². The molecule has 0 N–H and O–H groups in total. The van der Waals surface area contributed by atoms with E-state index in [0.29, 0.717) is 17.7 Å². The molecule has 1 atom stereocenters. The topological polar surface area (TPSA) is 35.5 Å². The molecule has 2 rings (SSSR count). The highest BCUT2D eigenvalue weighted by Crippen LogP contribution is 2.39. The number of ether oxygens (including phenoxy) is 2. The minimum atomic E-state index is -1.03. The van der Waals surface area contributed by atoms with E-state index < -0.39 is 5.60 Å². The largest absolute Gasteiger partial charge is 0.496 e. The van der Waals surface area contributed by atoms with Gasteiger partial charge in [0, 0.05) is 18.2 Å². The molecule has 2 aromatic carbocycles. The second-order valence-electron chi connectivity index (χ2n) is 5.18. The zero-order chi connectivity index (χ0) is 16.0. The second-order valence-corrected chi connectivity index (χ2v) is 5.18. The van der Waals surface area contributed by atoms with Gasteiger partial charge in [0.25, 0.3) is 0 Å². The third kappa shape index (κ3) is 2.90. The van der Waals surface area contributed by atoms with Crippen LogP contribution in [0.3, 0.4) is 0 Å². The molecule has 0 aliphatic rings. The summed E-state index contributed by atoms with van der Waals surface area (Å²) >= 11 is 0. The van der Waals surface area contributed by atoms with Crippen LogP contribution in [0.1, 0.15) is 35.7 Å². The number of methoxy groups -OCH3 is 2. The van der Waals surface area contributed by atoms with Crippen molar-refractivity contribution in [2.75, 3.05) is 14.2 Å². The van der Waals surface area contributed by atoms with Crippen molar-refractivity contribution in [3.8, 4) is 5.75 Å². The fraction of sp³-hybridized carbons (Fsp3) is 0.316. The van der Waals surface area contributed by atoms with Gasteiger partial charge in [0.1, 0.15) is 5.75 Å². The third-order valence-electron chi connectivity index (χ3n) is 3.90. The maximum absolute atomic E-state index is 13.2. The summed E-state index contributed by atoms with van der Waals surface area (Å²) < 4.78 is 11.2. The SMILES string of the molecule is CCCC(OC)(C(=O)c1ccccc1)c1ccccc1OC. The molecule has 22 heavy (non-hydrogen) atoms. The summed E-state index contributed by atoms with van der Waals surface area (Å²) in [4.78, 5) is 13.2. The van der Waals surface area contributed by atoms with Crippen molar-refractivity contribution >= 4 is 5.78 Å². The van der Waals surface area contributed by atoms with Crippen molar-refractivity contribution < 1.29 is 14.3 Å². The molecule has 0 aliphatic heterocycles. The van der Waals surface area contributed by atoms with Gasteiger partial charge in [-0.2, -0.15) is 0 Å². The normalized spacial score (nSPS) is 13.4. The first-order valence-electron chi connectivity index (χ1n) is 7.48. The lowest BCUT2D eigenvalue weighted by Gasteiger charge is -2.32. The van der Waals surface area contributed by atoms with Gasteiger partial charge in [-0.3, -0.25) is 4.79 Å². The predicted molar refractivity (Wildman–Crippen MR) is 87.4 cm³/mol. The van der Waals surface area contributed by atoms with Crippen LogP contribution in [-0.2, 0) is 10.3 Å². The Morgan fingerprint density at radius 2 is 1.64 bits per heavy atom. The van der Waals surface area contributed by atoms with Gasteiger partial charge < -0.3 is 9.47 Å². The van der Waals surface area contributed by atoms with Crippen LogP contribution < -0.4 is 4.74 Å². The summed E-state index contributed by atoms with van der Waals surface area (Å²) in [7, 11) is 3.20. The molecule has 2 aromatic rings. The number of Topliss-reactive ketones (excluding diaryl/α,β-unsaturated/α-hetero) is 1. The van der Waals surface area contributed by atoms with Gasteiger partial charge in [-0.25, -0.2) is 0 Å². The highest BCUT2D eigenvalue weighted by atomic mass is 16.5. The van der Waals surface area contributed by atoms with Crippen LogP contribution in [0.25, 0.3) is 0 Å². The Hall–Kier alpha value is -2.13. The van der Waals surface area contributed by atoms with Crippen LogP contribution in [0, 0.1) is 0 Å². The van der Waals surface area contributed by atoms with E-state index >= 15 is 0 Å². The van der Waals surface area contributed by atoms with Gasteiger partial charge in [-0.1, -0.05) is 61.9 Å². The predicted octanol–water partition coefficient (Wildman–Crippen LogP) is 4.22. The maximum Gasteiger partial charge on any atom is 0.199 e. The van der Waals surface area contributed by atoms with E-state index in [1.54, 1.807) is 14.2 Å². The van der Waals surface area contributed by atoms with Gasteiger partial charge >= 0.3 is 0 Å². The van der Waals surface area contributed by atoms with E-state index in [4.69, 9.17) is 9.47 Å². The average molecular weight is 298 g/mol. The summed E-state index contributed by atoms with van der Waals surface area (Å²) in [6.45, 7) is 2.04. The van der Waals surface area contributed by atoms with E-state index in [-0.39, 0.29) is 5.78 Å². The van der Waals surface area contributed by atoms with Crippen LogP contribution >= 0.6 is 0 Å². The molecule has 0 saturated heterocycles. The molecule has 0 saturated carbocycles. The molecule has 0 bridgehead atoms. The van der Waals surface area contributed by atoms with Crippen molar-refractivity contribution in [1.82, 2.24) is 0 Å². The maximum atomic E-state index is 13.2. The zero-order valence-electron chi connectivity index (χ0n) is 13.3. The Morgan fingerprint density at radius 3 is 2.23 bits per heavy atom. The van der Waals surface area contributed by atoms with E-state index in [9.17, 15) is 4.79 Å². The number of benzene rings is 2. The Balaban J connectivity index is 2.59. The summed E-state index contributed by atoms with van der Waals surface area (Å²) in [5.74, 6) is 0.629. The minimum Gasteiger partial charge on any atom is -0.496 e. The number of hydrogen-bond donors (Lipinski definition) is 0. The molecule has 0 aromatic heterocycles. The lowest BCUT2D eigenvalue weighted by Crippen LogP contribution is -2.38. The molecule has 0 fully saturated rings. The lowest BCUT2D eigenvalue weighted by molar-refractivity contribution is -0.00802. The van der Waals surface area contributed by atoms with Gasteiger partial charge in [0.2, 0.25) is 0 Å². The molecular formula is C19H22O3. The number of carbonyl (C=O) groups is 1. The fourth-order valence-corrected chi connectivity index (χ4v) is 2.83. The van der Waals surface area contributed by atoms with Gasteiger partial charge in [0.05, 0.1) is 7.11 Å². The van der Waals surface area contributed by atoms with Crippen molar-refractivity contribution in [1.29, 1.82) is 0 Å². The molecule has 3 heteroatoms. The molecule has 0 amide bonds. The molecule has 1 unspecified atom stereocenters. The van der Waals surface area contributed by atoms with Crippen molar-refractivity contribution in [2.45, 2.75) is 25.4 Å². The van der Waals surface area contributed by atoms with E-state index in [1.165, 1.54) is 0 Å². The molecular weight excluding hydrogens is 276 g/mol. The fourth-order valence-electron chi connectivity index (χ4n) is 2.83. The Kier molecular flexibility index (Phi) is 5.34. The highest BCUT2D eigenvalue weighted by Gasteiger charge is 2.42. The molecule has 3 nitrogen and oxygen atoms in total. The summed E-state index contributed by atoms with van der Waals surface area (Å²) in [5, 5.41) is 0. The summed E-state index contributed by atoms with van der Waals surface area (Å²) in [6.07, 6.45) is 1.42. The third-order valence-corrected chi connectivity index (χ3v) is 3.90. The van der Waals surface area contributed by atoms with Crippen LogP contribution in [0.5, 0.6) is 5.75 Å². The monoisotopic (exact) mass is 298 g/mol. The van der Waals surface area contributed by atoms with Gasteiger partial charge in [0.15, 0.2) is 11.4 Å². The summed E-state index contributed by atoms with van der Waals surface area (Å²) in [5.41, 5.74) is 0.391. The van der Waals surface area contributed by atoms with Crippen LogP contribution in [0.4, 0.5) is 0 Å². The average Bonchev–Trinajstić information content (AvgIpc) is 2.60. The van der Waals surface area contributed by atoms with Crippen molar-refractivity contribution in [2.24, 2.45) is 0 Å². The minimum absolute atomic E-state index is 0.0399. The summed E-state index contributed by atoms with van der Waals surface area (Å²) in [6, 6.07) is 16.8.